The van der Waals surface area contributed by atoms with Crippen molar-refractivity contribution in [2.75, 3.05) is 13.1 Å². The maximum absolute atomic E-state index is 6.05. The van der Waals surface area contributed by atoms with Crippen LogP contribution in [0.25, 0.3) is 0 Å². The Bertz CT molecular complexity index is 484. The zero-order valence-corrected chi connectivity index (χ0v) is 12.8. The standard InChI is InChI=1S/C15H23BN2O2/c1-14(2)15(3,4)20-16(19-14)13-7-5-6-12(18-13)8-11-9-17-10-11/h5-7,11,17H,8-10H2,1-4H3. The van der Waals surface area contributed by atoms with E-state index in [9.17, 15) is 0 Å². The van der Waals surface area contributed by atoms with E-state index in [0.717, 1.165) is 36.7 Å². The number of rotatable bonds is 3. The predicted octanol–water partition coefficient (Wildman–Crippen LogP) is 1.14. The Morgan fingerprint density at radius 3 is 2.40 bits per heavy atom. The molecule has 108 valence electrons. The zero-order valence-electron chi connectivity index (χ0n) is 12.8. The van der Waals surface area contributed by atoms with Crippen molar-refractivity contribution in [2.45, 2.75) is 45.3 Å². The Labute approximate surface area is 121 Å². The molecule has 0 aromatic carbocycles. The highest BCUT2D eigenvalue weighted by Gasteiger charge is 2.52. The van der Waals surface area contributed by atoms with Crippen LogP contribution in [0.5, 0.6) is 0 Å². The Balaban J connectivity index is 1.76. The van der Waals surface area contributed by atoms with E-state index in [-0.39, 0.29) is 18.3 Å². The molecular weight excluding hydrogens is 251 g/mol. The van der Waals surface area contributed by atoms with Crippen molar-refractivity contribution in [3.63, 3.8) is 0 Å². The summed E-state index contributed by atoms with van der Waals surface area (Å²) in [4.78, 5) is 4.73. The second kappa shape index (κ2) is 4.83. The van der Waals surface area contributed by atoms with E-state index in [4.69, 9.17) is 14.3 Å². The summed E-state index contributed by atoms with van der Waals surface area (Å²) >= 11 is 0. The smallest absolute Gasteiger partial charge is 0.398 e. The minimum absolute atomic E-state index is 0.312. The van der Waals surface area contributed by atoms with Gasteiger partial charge in [0.25, 0.3) is 0 Å². The van der Waals surface area contributed by atoms with Gasteiger partial charge < -0.3 is 14.6 Å². The van der Waals surface area contributed by atoms with Crippen LogP contribution >= 0.6 is 0 Å². The highest BCUT2D eigenvalue weighted by atomic mass is 16.7. The van der Waals surface area contributed by atoms with Crippen LogP contribution in [0.3, 0.4) is 0 Å². The Morgan fingerprint density at radius 1 is 1.20 bits per heavy atom. The van der Waals surface area contributed by atoms with Crippen molar-refractivity contribution >= 4 is 12.7 Å². The molecule has 2 aliphatic heterocycles. The molecule has 0 spiro atoms. The lowest BCUT2D eigenvalue weighted by molar-refractivity contribution is 0.00578. The fourth-order valence-electron chi connectivity index (χ4n) is 2.50. The molecule has 0 bridgehead atoms. The van der Waals surface area contributed by atoms with Gasteiger partial charge in [0.2, 0.25) is 0 Å². The van der Waals surface area contributed by atoms with Gasteiger partial charge in [-0.25, -0.2) is 0 Å². The number of nitrogens with zero attached hydrogens (tertiary/aromatic N) is 1. The van der Waals surface area contributed by atoms with Crippen molar-refractivity contribution in [3.05, 3.63) is 23.9 Å². The van der Waals surface area contributed by atoms with Crippen LogP contribution in [0.1, 0.15) is 33.4 Å². The first-order valence-corrected chi connectivity index (χ1v) is 7.39. The summed E-state index contributed by atoms with van der Waals surface area (Å²) in [6.07, 6.45) is 1.03. The quantitative estimate of drug-likeness (QED) is 0.839. The van der Waals surface area contributed by atoms with Gasteiger partial charge in [-0.3, -0.25) is 4.98 Å². The maximum Gasteiger partial charge on any atom is 0.514 e. The molecule has 0 saturated carbocycles. The predicted molar refractivity (Wildman–Crippen MR) is 80.0 cm³/mol. The van der Waals surface area contributed by atoms with Crippen molar-refractivity contribution in [1.29, 1.82) is 0 Å². The van der Waals surface area contributed by atoms with Gasteiger partial charge in [0.1, 0.15) is 0 Å². The first-order valence-electron chi connectivity index (χ1n) is 7.39. The fourth-order valence-corrected chi connectivity index (χ4v) is 2.50. The molecule has 1 N–H and O–H groups in total. The minimum Gasteiger partial charge on any atom is -0.398 e. The molecule has 4 nitrogen and oxygen atoms in total. The lowest BCUT2D eigenvalue weighted by Crippen LogP contribution is -2.43. The summed E-state index contributed by atoms with van der Waals surface area (Å²) in [5.74, 6) is 0.719. The molecule has 1 aromatic rings. The van der Waals surface area contributed by atoms with Crippen LogP contribution in [0.4, 0.5) is 0 Å². The molecule has 0 radical (unpaired) electrons. The largest absolute Gasteiger partial charge is 0.514 e. The third-order valence-corrected chi connectivity index (χ3v) is 4.69. The van der Waals surface area contributed by atoms with Crippen LogP contribution in [0.2, 0.25) is 0 Å². The fraction of sp³-hybridized carbons (Fsp3) is 0.667. The third-order valence-electron chi connectivity index (χ3n) is 4.69. The molecule has 0 unspecified atom stereocenters. The highest BCUT2D eigenvalue weighted by molar-refractivity contribution is 6.61. The van der Waals surface area contributed by atoms with Crippen molar-refractivity contribution in [1.82, 2.24) is 10.3 Å². The molecule has 5 heteroatoms. The molecule has 0 aliphatic carbocycles. The van der Waals surface area contributed by atoms with Crippen molar-refractivity contribution in [2.24, 2.45) is 5.92 Å². The second-order valence-corrected chi connectivity index (χ2v) is 6.87. The number of hydrogen-bond donors (Lipinski definition) is 1. The second-order valence-electron chi connectivity index (χ2n) is 6.87. The van der Waals surface area contributed by atoms with Gasteiger partial charge in [-0.05, 0) is 65.3 Å². The van der Waals surface area contributed by atoms with Gasteiger partial charge in [-0.1, -0.05) is 6.07 Å². The number of nitrogens with one attached hydrogen (secondary N) is 1. The van der Waals surface area contributed by atoms with Crippen LogP contribution in [0, 0.1) is 5.92 Å². The summed E-state index contributed by atoms with van der Waals surface area (Å²) in [6, 6.07) is 6.13. The molecule has 20 heavy (non-hydrogen) atoms. The van der Waals surface area contributed by atoms with Gasteiger partial charge in [0.15, 0.2) is 0 Å². The Hall–Kier alpha value is -0.905. The lowest BCUT2D eigenvalue weighted by atomic mass is 9.83. The van der Waals surface area contributed by atoms with Crippen LogP contribution in [0.15, 0.2) is 18.2 Å². The van der Waals surface area contributed by atoms with Crippen LogP contribution in [-0.2, 0) is 15.7 Å². The van der Waals surface area contributed by atoms with E-state index in [1.54, 1.807) is 0 Å². The number of aromatic nitrogens is 1. The first kappa shape index (κ1) is 14.0. The third kappa shape index (κ3) is 2.50. The van der Waals surface area contributed by atoms with E-state index >= 15 is 0 Å². The van der Waals surface area contributed by atoms with E-state index < -0.39 is 0 Å². The maximum atomic E-state index is 6.05. The average molecular weight is 274 g/mol. The van der Waals surface area contributed by atoms with Gasteiger partial charge in [-0.15, -0.1) is 0 Å². The van der Waals surface area contributed by atoms with Gasteiger partial charge in [0.05, 0.1) is 16.8 Å². The van der Waals surface area contributed by atoms with Gasteiger partial charge in [0, 0.05) is 5.69 Å². The van der Waals surface area contributed by atoms with Crippen LogP contribution < -0.4 is 10.9 Å². The zero-order chi connectivity index (χ0) is 14.4. The normalized spacial score (nSPS) is 24.7. The van der Waals surface area contributed by atoms with E-state index in [2.05, 4.69) is 45.1 Å². The molecule has 0 atom stereocenters. The van der Waals surface area contributed by atoms with Gasteiger partial charge in [-0.2, -0.15) is 0 Å². The van der Waals surface area contributed by atoms with E-state index in [0.29, 0.717) is 0 Å². The minimum atomic E-state index is -0.362. The molecule has 3 rings (SSSR count). The van der Waals surface area contributed by atoms with Crippen molar-refractivity contribution in [3.8, 4) is 0 Å². The molecule has 1 aromatic heterocycles. The molecule has 0 amide bonds. The molecule has 2 aliphatic rings. The molecule has 2 saturated heterocycles. The lowest BCUT2D eigenvalue weighted by Gasteiger charge is -2.32. The van der Waals surface area contributed by atoms with Gasteiger partial charge >= 0.3 is 7.12 Å². The molecule has 2 fully saturated rings. The molecular formula is C15H23BN2O2. The summed E-state index contributed by atoms with van der Waals surface area (Å²) in [7, 11) is -0.362. The first-order chi connectivity index (χ1) is 9.37. The Morgan fingerprint density at radius 2 is 1.85 bits per heavy atom. The van der Waals surface area contributed by atoms with E-state index in [1.165, 1.54) is 0 Å². The summed E-state index contributed by atoms with van der Waals surface area (Å²) in [5, 5.41) is 3.30. The average Bonchev–Trinajstić information content (AvgIpc) is 2.54. The number of hydrogen-bond acceptors (Lipinski definition) is 4. The summed E-state index contributed by atoms with van der Waals surface area (Å²) in [5.41, 5.74) is 1.39. The monoisotopic (exact) mass is 274 g/mol. The van der Waals surface area contributed by atoms with Crippen LogP contribution in [-0.4, -0.2) is 36.4 Å². The molecule has 3 heterocycles. The topological polar surface area (TPSA) is 43.4 Å². The van der Waals surface area contributed by atoms with E-state index in [1.807, 2.05) is 6.07 Å². The highest BCUT2D eigenvalue weighted by Crippen LogP contribution is 2.36. The summed E-state index contributed by atoms with van der Waals surface area (Å²) < 4.78 is 12.1. The SMILES string of the molecule is CC1(C)OB(c2cccc(CC3CNC3)n2)OC1(C)C. The van der Waals surface area contributed by atoms with Crippen molar-refractivity contribution < 1.29 is 9.31 Å². The summed E-state index contributed by atoms with van der Waals surface area (Å²) in [6.45, 7) is 10.5. The number of pyridine rings is 1. The Kier molecular flexibility index (Phi) is 3.39.